The molecule has 1 aliphatic heterocycles. The van der Waals surface area contributed by atoms with Crippen molar-refractivity contribution in [3.8, 4) is 0 Å². The molecule has 1 aliphatic rings. The molecule has 1 fully saturated rings. The number of nitrogens with zero attached hydrogens (tertiary/aromatic N) is 2. The predicted octanol–water partition coefficient (Wildman–Crippen LogP) is 3.52. The largest absolute Gasteiger partial charge is 0.369 e. The third kappa shape index (κ3) is 4.45. The van der Waals surface area contributed by atoms with E-state index in [9.17, 15) is 13.6 Å². The molecule has 0 aliphatic carbocycles. The highest BCUT2D eigenvalue weighted by atomic mass is 19.1. The minimum Gasteiger partial charge on any atom is -0.369 e. The topological polar surface area (TPSA) is 35.6 Å². The summed E-state index contributed by atoms with van der Waals surface area (Å²) in [5, 5.41) is 2.87. The van der Waals surface area contributed by atoms with Crippen molar-refractivity contribution >= 4 is 11.6 Å². The first-order valence-corrected chi connectivity index (χ1v) is 9.15. The molecule has 3 rings (SSSR count). The highest BCUT2D eigenvalue weighted by Crippen LogP contribution is 2.28. The molecule has 1 saturated heterocycles. The van der Waals surface area contributed by atoms with Crippen LogP contribution in [-0.2, 0) is 0 Å². The molecular weight excluding hydrogens is 348 g/mol. The van der Waals surface area contributed by atoms with Crippen LogP contribution in [0.25, 0.3) is 0 Å². The Labute approximate surface area is 158 Å². The third-order valence-corrected chi connectivity index (χ3v) is 5.08. The first-order valence-electron chi connectivity index (χ1n) is 9.15. The van der Waals surface area contributed by atoms with Gasteiger partial charge in [-0.05, 0) is 56.8 Å². The fourth-order valence-electron chi connectivity index (χ4n) is 3.30. The summed E-state index contributed by atoms with van der Waals surface area (Å²) in [6, 6.07) is 8.66. The van der Waals surface area contributed by atoms with Gasteiger partial charge in [0.15, 0.2) is 0 Å². The number of carbonyl (C=O) groups excluding carboxylic acids is 1. The lowest BCUT2D eigenvalue weighted by molar-refractivity contribution is 0.0939. The van der Waals surface area contributed by atoms with Gasteiger partial charge in [0.2, 0.25) is 0 Å². The molecule has 2 aromatic rings. The maximum Gasteiger partial charge on any atom is 0.251 e. The highest BCUT2D eigenvalue weighted by molar-refractivity contribution is 5.94. The molecule has 1 atom stereocenters. The van der Waals surface area contributed by atoms with E-state index in [2.05, 4.69) is 22.2 Å². The summed E-state index contributed by atoms with van der Waals surface area (Å²) in [6.07, 6.45) is 0. The zero-order chi connectivity index (χ0) is 19.6. The highest BCUT2D eigenvalue weighted by Gasteiger charge is 2.21. The van der Waals surface area contributed by atoms with Crippen molar-refractivity contribution in [2.75, 3.05) is 38.1 Å². The lowest BCUT2D eigenvalue weighted by Crippen LogP contribution is -2.45. The lowest BCUT2D eigenvalue weighted by atomic mass is 10.0. The number of amides is 1. The van der Waals surface area contributed by atoms with Crippen molar-refractivity contribution in [2.45, 2.75) is 19.9 Å². The van der Waals surface area contributed by atoms with Gasteiger partial charge in [-0.3, -0.25) is 4.79 Å². The zero-order valence-electron chi connectivity index (χ0n) is 15.9. The van der Waals surface area contributed by atoms with E-state index in [1.807, 2.05) is 6.92 Å². The number of rotatable bonds is 4. The summed E-state index contributed by atoms with van der Waals surface area (Å²) >= 11 is 0. The van der Waals surface area contributed by atoms with Gasteiger partial charge in [-0.15, -0.1) is 0 Å². The number of piperazine rings is 1. The van der Waals surface area contributed by atoms with E-state index >= 15 is 0 Å². The van der Waals surface area contributed by atoms with Crippen LogP contribution in [0.2, 0.25) is 0 Å². The van der Waals surface area contributed by atoms with Crippen molar-refractivity contribution in [3.63, 3.8) is 0 Å². The van der Waals surface area contributed by atoms with Gasteiger partial charge in [0.05, 0.1) is 6.04 Å². The maximum absolute atomic E-state index is 13.9. The van der Waals surface area contributed by atoms with Crippen molar-refractivity contribution < 1.29 is 13.6 Å². The van der Waals surface area contributed by atoms with Crippen LogP contribution in [0.3, 0.4) is 0 Å². The SMILES string of the molecule is Cc1ccc(C(=O)NC(C)c2cc(F)ccc2N2CCN(C)CC2)cc1F. The standard InChI is InChI=1S/C21H25F2N3O/c1-14-4-5-16(12-19(14)23)21(27)24-15(2)18-13-17(22)6-7-20(18)26-10-8-25(3)9-11-26/h4-7,12-13,15H,8-11H2,1-3H3,(H,24,27). The number of hydrogen-bond donors (Lipinski definition) is 1. The fraction of sp³-hybridized carbons (Fsp3) is 0.381. The number of hydrogen-bond acceptors (Lipinski definition) is 3. The molecule has 1 unspecified atom stereocenters. The average Bonchev–Trinajstić information content (AvgIpc) is 2.64. The Bertz CT molecular complexity index is 832. The van der Waals surface area contributed by atoms with Crippen LogP contribution in [0.4, 0.5) is 14.5 Å². The van der Waals surface area contributed by atoms with Gasteiger partial charge in [-0.2, -0.15) is 0 Å². The number of nitrogens with one attached hydrogen (secondary N) is 1. The van der Waals surface area contributed by atoms with Crippen molar-refractivity contribution in [1.82, 2.24) is 10.2 Å². The molecule has 0 saturated carbocycles. The molecule has 27 heavy (non-hydrogen) atoms. The molecule has 6 heteroatoms. The summed E-state index contributed by atoms with van der Waals surface area (Å²) in [6.45, 7) is 7.02. The average molecular weight is 373 g/mol. The zero-order valence-corrected chi connectivity index (χ0v) is 15.9. The molecule has 1 amide bonds. The van der Waals surface area contributed by atoms with Gasteiger partial charge < -0.3 is 15.1 Å². The summed E-state index contributed by atoms with van der Waals surface area (Å²) in [5.74, 6) is -1.14. The second kappa shape index (κ2) is 8.05. The Kier molecular flexibility index (Phi) is 5.75. The molecular formula is C21H25F2N3O. The lowest BCUT2D eigenvalue weighted by Gasteiger charge is -2.36. The first kappa shape index (κ1) is 19.3. The number of anilines is 1. The van der Waals surface area contributed by atoms with Crippen molar-refractivity contribution in [2.24, 2.45) is 0 Å². The first-order chi connectivity index (χ1) is 12.8. The summed E-state index contributed by atoms with van der Waals surface area (Å²) in [5.41, 5.74) is 2.39. The van der Waals surface area contributed by atoms with E-state index in [4.69, 9.17) is 0 Å². The second-order valence-electron chi connectivity index (χ2n) is 7.15. The van der Waals surface area contributed by atoms with E-state index in [-0.39, 0.29) is 17.3 Å². The number of carbonyl (C=O) groups is 1. The van der Waals surface area contributed by atoms with Crippen LogP contribution in [0.1, 0.15) is 34.5 Å². The van der Waals surface area contributed by atoms with Gasteiger partial charge in [-0.1, -0.05) is 6.07 Å². The van der Waals surface area contributed by atoms with E-state index in [0.717, 1.165) is 37.4 Å². The summed E-state index contributed by atoms with van der Waals surface area (Å²) in [4.78, 5) is 17.0. The molecule has 1 heterocycles. The van der Waals surface area contributed by atoms with Crippen LogP contribution >= 0.6 is 0 Å². The minimum atomic E-state index is -0.417. The van der Waals surface area contributed by atoms with Crippen molar-refractivity contribution in [3.05, 3.63) is 64.7 Å². The van der Waals surface area contributed by atoms with Crippen LogP contribution in [0, 0.1) is 18.6 Å². The number of aryl methyl sites for hydroxylation is 1. The van der Waals surface area contributed by atoms with Gasteiger partial charge in [0.25, 0.3) is 5.91 Å². The van der Waals surface area contributed by atoms with E-state index in [1.54, 1.807) is 25.1 Å². The van der Waals surface area contributed by atoms with Gasteiger partial charge >= 0.3 is 0 Å². The van der Waals surface area contributed by atoms with Gasteiger partial charge in [-0.25, -0.2) is 8.78 Å². The molecule has 0 aromatic heterocycles. The molecule has 0 radical (unpaired) electrons. The molecule has 0 spiro atoms. The number of halogens is 2. The monoisotopic (exact) mass is 373 g/mol. The Morgan fingerprint density at radius 2 is 1.78 bits per heavy atom. The Morgan fingerprint density at radius 3 is 2.44 bits per heavy atom. The molecule has 4 nitrogen and oxygen atoms in total. The maximum atomic E-state index is 13.9. The van der Waals surface area contributed by atoms with Crippen LogP contribution in [0.15, 0.2) is 36.4 Å². The third-order valence-electron chi connectivity index (χ3n) is 5.08. The van der Waals surface area contributed by atoms with Gasteiger partial charge in [0, 0.05) is 43.0 Å². The molecule has 144 valence electrons. The van der Waals surface area contributed by atoms with E-state index in [1.165, 1.54) is 18.2 Å². The fourth-order valence-corrected chi connectivity index (χ4v) is 3.30. The molecule has 0 bridgehead atoms. The second-order valence-corrected chi connectivity index (χ2v) is 7.15. The summed E-state index contributed by atoms with van der Waals surface area (Å²) in [7, 11) is 2.08. The Balaban J connectivity index is 1.81. The smallest absolute Gasteiger partial charge is 0.251 e. The summed E-state index contributed by atoms with van der Waals surface area (Å²) < 4.78 is 27.7. The Hall–Kier alpha value is -2.47. The molecule has 2 aromatic carbocycles. The molecule has 1 N–H and O–H groups in total. The number of benzene rings is 2. The normalized spacial score (nSPS) is 16.3. The van der Waals surface area contributed by atoms with E-state index < -0.39 is 11.9 Å². The van der Waals surface area contributed by atoms with E-state index in [0.29, 0.717) is 5.56 Å². The van der Waals surface area contributed by atoms with Crippen LogP contribution in [0.5, 0.6) is 0 Å². The Morgan fingerprint density at radius 1 is 1.07 bits per heavy atom. The number of likely N-dealkylation sites (N-methyl/N-ethyl adjacent to an activating group) is 1. The minimum absolute atomic E-state index is 0.252. The van der Waals surface area contributed by atoms with Gasteiger partial charge in [0.1, 0.15) is 11.6 Å². The predicted molar refractivity (Wildman–Crippen MR) is 103 cm³/mol. The van der Waals surface area contributed by atoms with Crippen molar-refractivity contribution in [1.29, 1.82) is 0 Å². The quantitative estimate of drug-likeness (QED) is 0.891. The van der Waals surface area contributed by atoms with Crippen LogP contribution < -0.4 is 10.2 Å². The van der Waals surface area contributed by atoms with Crippen LogP contribution in [-0.4, -0.2) is 44.0 Å².